The zero-order valence-electron chi connectivity index (χ0n) is 21.8. The Balaban J connectivity index is 1.63. The van der Waals surface area contributed by atoms with Crippen molar-refractivity contribution in [2.45, 2.75) is 51.1 Å². The molecule has 4 N–H and O–H groups in total. The van der Waals surface area contributed by atoms with Crippen molar-refractivity contribution in [3.05, 3.63) is 71.8 Å². The molecule has 9 nitrogen and oxygen atoms in total. The van der Waals surface area contributed by atoms with Gasteiger partial charge in [0.25, 0.3) is 5.91 Å². The van der Waals surface area contributed by atoms with E-state index in [1.807, 2.05) is 74.5 Å². The van der Waals surface area contributed by atoms with Gasteiger partial charge >= 0.3 is 6.09 Å². The van der Waals surface area contributed by atoms with Gasteiger partial charge in [-0.25, -0.2) is 14.7 Å². The zero-order valence-corrected chi connectivity index (χ0v) is 21.8. The molecule has 0 saturated heterocycles. The van der Waals surface area contributed by atoms with Crippen LogP contribution >= 0.6 is 0 Å². The normalized spacial score (nSPS) is 18.0. The van der Waals surface area contributed by atoms with Gasteiger partial charge in [-0.2, -0.15) is 0 Å². The van der Waals surface area contributed by atoms with Gasteiger partial charge in [-0.05, 0) is 42.7 Å². The minimum Gasteiger partial charge on any atom is -0.452 e. The summed E-state index contributed by atoms with van der Waals surface area (Å²) in [5.74, 6) is -0.259. The number of benzene rings is 2. The van der Waals surface area contributed by atoms with Gasteiger partial charge < -0.3 is 16.2 Å². The number of unbranched alkanes of at least 4 members (excludes halogenated alkanes) is 1. The second kappa shape index (κ2) is 12.5. The fourth-order valence-electron chi connectivity index (χ4n) is 4.69. The van der Waals surface area contributed by atoms with Crippen molar-refractivity contribution in [2.24, 2.45) is 22.4 Å². The van der Waals surface area contributed by atoms with Crippen LogP contribution in [-0.2, 0) is 26.3 Å². The fourth-order valence-corrected chi connectivity index (χ4v) is 4.69. The maximum Gasteiger partial charge on any atom is 0.416 e. The summed E-state index contributed by atoms with van der Waals surface area (Å²) in [5, 5.41) is 0. The monoisotopic (exact) mass is 507 g/mol. The van der Waals surface area contributed by atoms with E-state index >= 15 is 0 Å². The largest absolute Gasteiger partial charge is 0.452 e. The number of carbonyl (C=O) groups excluding carboxylic acids is 3. The Kier molecular flexibility index (Phi) is 9.41. The Bertz CT molecular complexity index is 1110. The molecule has 1 heterocycles. The standard InChI is InChI=1S/C28H37N5O4/c1-20(2)19-28(22-14-8-5-9-15-22)25(35)33(26(30)31-28)17-11-10-16-32(27(36)37-3)24(34)23(29)18-21-12-6-4-7-13-21/h4-9,12-15,20,23H,10-11,16-19,29H2,1-3H3,(H2,30,31)/t23-,28?/m0/s1. The lowest BCUT2D eigenvalue weighted by molar-refractivity contribution is -0.133. The summed E-state index contributed by atoms with van der Waals surface area (Å²) >= 11 is 0. The summed E-state index contributed by atoms with van der Waals surface area (Å²) in [4.78, 5) is 46.1. The SMILES string of the molecule is COC(=O)N(CCCCN1C(=O)C(CC(C)C)(c2ccccc2)N=C1N)C(=O)[C@@H](N)Cc1ccccc1. The third-order valence-corrected chi connectivity index (χ3v) is 6.43. The molecule has 0 bridgehead atoms. The maximum absolute atomic E-state index is 13.6. The van der Waals surface area contributed by atoms with Gasteiger partial charge in [0.2, 0.25) is 5.91 Å². The maximum atomic E-state index is 13.6. The highest BCUT2D eigenvalue weighted by molar-refractivity contribution is 6.07. The third-order valence-electron chi connectivity index (χ3n) is 6.43. The van der Waals surface area contributed by atoms with Crippen LogP contribution in [-0.4, -0.2) is 59.9 Å². The van der Waals surface area contributed by atoms with E-state index in [-0.39, 0.29) is 24.3 Å². The van der Waals surface area contributed by atoms with Crippen LogP contribution in [0.5, 0.6) is 0 Å². The lowest BCUT2D eigenvalue weighted by Gasteiger charge is -2.28. The molecule has 1 aliphatic rings. The molecule has 198 valence electrons. The summed E-state index contributed by atoms with van der Waals surface area (Å²) < 4.78 is 4.82. The van der Waals surface area contributed by atoms with Crippen LogP contribution in [0.4, 0.5) is 4.79 Å². The number of hydrogen-bond acceptors (Lipinski definition) is 7. The summed E-state index contributed by atoms with van der Waals surface area (Å²) in [6.45, 7) is 4.53. The van der Waals surface area contributed by atoms with Crippen LogP contribution in [0.2, 0.25) is 0 Å². The Labute approximate surface area is 218 Å². The highest BCUT2D eigenvalue weighted by Crippen LogP contribution is 2.38. The first-order valence-electron chi connectivity index (χ1n) is 12.6. The Morgan fingerprint density at radius 3 is 2.27 bits per heavy atom. The first-order valence-corrected chi connectivity index (χ1v) is 12.6. The molecule has 1 unspecified atom stereocenters. The third kappa shape index (κ3) is 6.54. The molecule has 3 rings (SSSR count). The lowest BCUT2D eigenvalue weighted by atomic mass is 9.82. The number of rotatable bonds is 11. The molecule has 2 aromatic carbocycles. The second-order valence-corrected chi connectivity index (χ2v) is 9.71. The molecular weight excluding hydrogens is 470 g/mol. The van der Waals surface area contributed by atoms with Crippen LogP contribution in [0.1, 0.15) is 44.2 Å². The Hall–Kier alpha value is -3.72. The van der Waals surface area contributed by atoms with Crippen LogP contribution in [0, 0.1) is 5.92 Å². The average molecular weight is 508 g/mol. The molecule has 9 heteroatoms. The number of imide groups is 1. The number of ether oxygens (including phenoxy) is 1. The Morgan fingerprint density at radius 2 is 1.68 bits per heavy atom. The Morgan fingerprint density at radius 1 is 1.05 bits per heavy atom. The quantitative estimate of drug-likeness (QED) is 0.450. The van der Waals surface area contributed by atoms with E-state index in [1.165, 1.54) is 12.0 Å². The molecule has 0 fully saturated rings. The van der Waals surface area contributed by atoms with E-state index in [1.54, 1.807) is 0 Å². The first-order chi connectivity index (χ1) is 17.7. The average Bonchev–Trinajstić information content (AvgIpc) is 3.13. The van der Waals surface area contributed by atoms with Crippen molar-refractivity contribution < 1.29 is 19.1 Å². The number of guanidine groups is 1. The van der Waals surface area contributed by atoms with Gasteiger partial charge in [-0.3, -0.25) is 14.5 Å². The second-order valence-electron chi connectivity index (χ2n) is 9.71. The van der Waals surface area contributed by atoms with Crippen LogP contribution < -0.4 is 11.5 Å². The molecule has 2 aromatic rings. The van der Waals surface area contributed by atoms with Crippen molar-refractivity contribution in [1.29, 1.82) is 0 Å². The minimum atomic E-state index is -1.04. The molecule has 0 aromatic heterocycles. The molecule has 37 heavy (non-hydrogen) atoms. The zero-order chi connectivity index (χ0) is 27.0. The van der Waals surface area contributed by atoms with Gasteiger partial charge in [0, 0.05) is 13.1 Å². The van der Waals surface area contributed by atoms with Gasteiger partial charge in [0.1, 0.15) is 0 Å². The summed E-state index contributed by atoms with van der Waals surface area (Å²) in [5.41, 5.74) is 13.0. The number of hydrogen-bond donors (Lipinski definition) is 2. The molecule has 2 atom stereocenters. The van der Waals surface area contributed by atoms with Crippen molar-refractivity contribution >= 4 is 23.9 Å². The smallest absolute Gasteiger partial charge is 0.416 e. The number of nitrogens with two attached hydrogens (primary N) is 2. The molecule has 0 aliphatic carbocycles. The van der Waals surface area contributed by atoms with E-state index in [2.05, 4.69) is 4.99 Å². The van der Waals surface area contributed by atoms with Gasteiger partial charge in [-0.15, -0.1) is 0 Å². The molecule has 1 aliphatic heterocycles. The molecule has 3 amide bonds. The van der Waals surface area contributed by atoms with Gasteiger partial charge in [0.05, 0.1) is 13.2 Å². The van der Waals surface area contributed by atoms with Crippen molar-refractivity contribution in [3.63, 3.8) is 0 Å². The highest BCUT2D eigenvalue weighted by Gasteiger charge is 2.49. The summed E-state index contributed by atoms with van der Waals surface area (Å²) in [6.07, 6.45) is 1.03. The van der Waals surface area contributed by atoms with Crippen LogP contribution in [0.3, 0.4) is 0 Å². The van der Waals surface area contributed by atoms with E-state index < -0.39 is 23.6 Å². The van der Waals surface area contributed by atoms with Crippen molar-refractivity contribution in [2.75, 3.05) is 20.2 Å². The van der Waals surface area contributed by atoms with E-state index in [9.17, 15) is 14.4 Å². The highest BCUT2D eigenvalue weighted by atomic mass is 16.5. The van der Waals surface area contributed by atoms with E-state index in [4.69, 9.17) is 16.2 Å². The molecule has 0 spiro atoms. The predicted octanol–water partition coefficient (Wildman–Crippen LogP) is 3.03. The molecule has 0 saturated carbocycles. The number of nitrogens with zero attached hydrogens (tertiary/aromatic N) is 3. The summed E-state index contributed by atoms with van der Waals surface area (Å²) in [7, 11) is 1.23. The van der Waals surface area contributed by atoms with Gasteiger partial charge in [0.15, 0.2) is 11.5 Å². The van der Waals surface area contributed by atoms with Crippen LogP contribution in [0.25, 0.3) is 0 Å². The minimum absolute atomic E-state index is 0.114. The fraction of sp³-hybridized carbons (Fsp3) is 0.429. The van der Waals surface area contributed by atoms with Gasteiger partial charge in [-0.1, -0.05) is 74.5 Å². The van der Waals surface area contributed by atoms with Crippen molar-refractivity contribution in [3.8, 4) is 0 Å². The number of aliphatic imine (C=N–C) groups is 1. The number of carbonyl (C=O) groups is 3. The first kappa shape index (κ1) is 27.9. The lowest BCUT2D eigenvalue weighted by Crippen LogP contribution is -2.48. The topological polar surface area (TPSA) is 131 Å². The van der Waals surface area contributed by atoms with Crippen LogP contribution in [0.15, 0.2) is 65.7 Å². The number of amides is 3. The van der Waals surface area contributed by atoms with E-state index in [0.29, 0.717) is 32.2 Å². The van der Waals surface area contributed by atoms with Crippen molar-refractivity contribution in [1.82, 2.24) is 9.80 Å². The van der Waals surface area contributed by atoms with E-state index in [0.717, 1.165) is 16.0 Å². The number of methoxy groups -OCH3 is 1. The predicted molar refractivity (Wildman–Crippen MR) is 142 cm³/mol. The molecule has 0 radical (unpaired) electrons. The molecular formula is C28H37N5O4. The summed E-state index contributed by atoms with van der Waals surface area (Å²) in [6, 6.07) is 18.0.